The average Bonchev–Trinajstić information content (AvgIpc) is 2.90. The van der Waals surface area contributed by atoms with Gasteiger partial charge in [0.2, 0.25) is 0 Å². The molecular weight excluding hydrogens is 230 g/mol. The number of nitrogens with zero attached hydrogens (tertiary/aromatic N) is 4. The molecular formula is C12H23N5O. The van der Waals surface area contributed by atoms with E-state index < -0.39 is 0 Å². The number of hydrogen-bond donors (Lipinski definition) is 1. The van der Waals surface area contributed by atoms with Gasteiger partial charge in [-0.2, -0.15) is 5.21 Å². The van der Waals surface area contributed by atoms with E-state index in [2.05, 4.69) is 34.5 Å². The largest absolute Gasteiger partial charge is 0.336 e. The van der Waals surface area contributed by atoms with Crippen LogP contribution in [0.15, 0.2) is 0 Å². The Balaban J connectivity index is 2.49. The molecule has 1 heterocycles. The number of tetrazole rings is 1. The molecule has 1 N–H and O–H groups in total. The van der Waals surface area contributed by atoms with Gasteiger partial charge in [0.05, 0.1) is 0 Å². The van der Waals surface area contributed by atoms with E-state index in [9.17, 15) is 4.79 Å². The Morgan fingerprint density at radius 1 is 1.11 bits per heavy atom. The van der Waals surface area contributed by atoms with Gasteiger partial charge >= 0.3 is 0 Å². The lowest BCUT2D eigenvalue weighted by atomic mass is 10.2. The van der Waals surface area contributed by atoms with Crippen molar-refractivity contribution in [3.63, 3.8) is 0 Å². The van der Waals surface area contributed by atoms with Crippen molar-refractivity contribution in [1.29, 1.82) is 0 Å². The van der Waals surface area contributed by atoms with E-state index >= 15 is 0 Å². The minimum absolute atomic E-state index is 0.115. The van der Waals surface area contributed by atoms with E-state index in [1.807, 2.05) is 4.90 Å². The van der Waals surface area contributed by atoms with Gasteiger partial charge in [0, 0.05) is 13.1 Å². The van der Waals surface area contributed by atoms with Crippen molar-refractivity contribution in [2.24, 2.45) is 0 Å². The number of unbranched alkanes of at least 4 members (excludes halogenated alkanes) is 4. The van der Waals surface area contributed by atoms with E-state index in [0.29, 0.717) is 0 Å². The summed E-state index contributed by atoms with van der Waals surface area (Å²) in [5.74, 6) is 0.0546. The molecule has 6 heteroatoms. The molecule has 0 unspecified atom stereocenters. The summed E-state index contributed by atoms with van der Waals surface area (Å²) in [6.07, 6.45) is 6.66. The Morgan fingerprint density at radius 2 is 1.72 bits per heavy atom. The number of aromatic nitrogens is 4. The van der Waals surface area contributed by atoms with Crippen molar-refractivity contribution in [3.8, 4) is 0 Å². The number of carbonyl (C=O) groups excluding carboxylic acids is 1. The van der Waals surface area contributed by atoms with Crippen LogP contribution in [0.4, 0.5) is 0 Å². The van der Waals surface area contributed by atoms with Gasteiger partial charge in [-0.15, -0.1) is 10.2 Å². The maximum absolute atomic E-state index is 12.1. The van der Waals surface area contributed by atoms with Crippen LogP contribution in [0, 0.1) is 0 Å². The van der Waals surface area contributed by atoms with E-state index in [4.69, 9.17) is 0 Å². The zero-order chi connectivity index (χ0) is 13.2. The van der Waals surface area contributed by atoms with E-state index in [-0.39, 0.29) is 11.7 Å². The van der Waals surface area contributed by atoms with Crippen molar-refractivity contribution >= 4 is 5.91 Å². The van der Waals surface area contributed by atoms with Crippen LogP contribution in [0.5, 0.6) is 0 Å². The number of amides is 1. The lowest BCUT2D eigenvalue weighted by Crippen LogP contribution is -2.33. The summed E-state index contributed by atoms with van der Waals surface area (Å²) in [6, 6.07) is 0. The van der Waals surface area contributed by atoms with Gasteiger partial charge in [-0.1, -0.05) is 39.5 Å². The molecule has 0 bridgehead atoms. The predicted octanol–water partition coefficient (Wildman–Crippen LogP) is 2.02. The molecule has 0 aliphatic carbocycles. The number of carbonyl (C=O) groups is 1. The Kier molecular flexibility index (Phi) is 6.98. The van der Waals surface area contributed by atoms with Crippen molar-refractivity contribution in [2.75, 3.05) is 13.1 Å². The van der Waals surface area contributed by atoms with Gasteiger partial charge in [0.1, 0.15) is 0 Å². The monoisotopic (exact) mass is 253 g/mol. The molecule has 0 aliphatic heterocycles. The second-order valence-corrected chi connectivity index (χ2v) is 4.44. The number of nitrogens with one attached hydrogen (secondary N) is 1. The molecule has 0 saturated heterocycles. The number of hydrogen-bond acceptors (Lipinski definition) is 4. The fourth-order valence-corrected chi connectivity index (χ4v) is 1.81. The molecule has 0 fully saturated rings. The summed E-state index contributed by atoms with van der Waals surface area (Å²) < 4.78 is 0. The zero-order valence-electron chi connectivity index (χ0n) is 11.4. The van der Waals surface area contributed by atoms with E-state index in [0.717, 1.165) is 51.6 Å². The molecule has 6 nitrogen and oxygen atoms in total. The van der Waals surface area contributed by atoms with Crippen LogP contribution in [0.3, 0.4) is 0 Å². The lowest BCUT2D eigenvalue weighted by Gasteiger charge is -2.20. The lowest BCUT2D eigenvalue weighted by molar-refractivity contribution is 0.0737. The van der Waals surface area contributed by atoms with E-state index in [1.165, 1.54) is 0 Å². The maximum Gasteiger partial charge on any atom is 0.295 e. The third kappa shape index (κ3) is 4.81. The average molecular weight is 253 g/mol. The van der Waals surface area contributed by atoms with Gasteiger partial charge in [-0.25, -0.2) is 0 Å². The minimum atomic E-state index is -0.115. The summed E-state index contributed by atoms with van der Waals surface area (Å²) in [5, 5.41) is 13.3. The quantitative estimate of drug-likeness (QED) is 0.683. The highest BCUT2D eigenvalue weighted by Crippen LogP contribution is 2.05. The molecule has 1 aromatic heterocycles. The molecule has 102 valence electrons. The molecule has 1 amide bonds. The van der Waals surface area contributed by atoms with Crippen LogP contribution in [0.25, 0.3) is 0 Å². The van der Waals surface area contributed by atoms with Crippen molar-refractivity contribution < 1.29 is 4.79 Å². The normalized spacial score (nSPS) is 10.6. The van der Waals surface area contributed by atoms with Gasteiger partial charge < -0.3 is 4.90 Å². The highest BCUT2D eigenvalue weighted by molar-refractivity contribution is 5.90. The second kappa shape index (κ2) is 8.60. The van der Waals surface area contributed by atoms with Crippen molar-refractivity contribution in [2.45, 2.75) is 52.4 Å². The molecule has 0 aromatic carbocycles. The van der Waals surface area contributed by atoms with Crippen molar-refractivity contribution in [1.82, 2.24) is 25.5 Å². The first kappa shape index (κ1) is 14.6. The molecule has 1 aromatic rings. The van der Waals surface area contributed by atoms with Crippen LogP contribution < -0.4 is 0 Å². The third-order valence-corrected chi connectivity index (χ3v) is 2.89. The second-order valence-electron chi connectivity index (χ2n) is 4.44. The van der Waals surface area contributed by atoms with Crippen LogP contribution in [-0.4, -0.2) is 44.5 Å². The summed E-state index contributed by atoms with van der Waals surface area (Å²) in [4.78, 5) is 14.0. The molecule has 0 spiro atoms. The van der Waals surface area contributed by atoms with Crippen molar-refractivity contribution in [3.05, 3.63) is 5.82 Å². The fraction of sp³-hybridized carbons (Fsp3) is 0.833. The zero-order valence-corrected chi connectivity index (χ0v) is 11.4. The highest BCUT2D eigenvalue weighted by Gasteiger charge is 2.18. The predicted molar refractivity (Wildman–Crippen MR) is 69.1 cm³/mol. The number of rotatable bonds is 9. The molecule has 0 aliphatic rings. The summed E-state index contributed by atoms with van der Waals surface area (Å²) in [6.45, 7) is 5.88. The summed E-state index contributed by atoms with van der Waals surface area (Å²) in [7, 11) is 0. The first-order valence-electron chi connectivity index (χ1n) is 6.82. The SMILES string of the molecule is CCCCCN(CCCCC)C(=O)c1nn[nH]n1. The standard InChI is InChI=1S/C12H23N5O/c1-3-5-7-9-17(10-8-6-4-2)12(18)11-13-15-16-14-11/h3-10H2,1-2H3,(H,13,14,15,16). The smallest absolute Gasteiger partial charge is 0.295 e. The van der Waals surface area contributed by atoms with Gasteiger partial charge in [-0.3, -0.25) is 4.79 Å². The molecule has 0 saturated carbocycles. The molecule has 0 radical (unpaired) electrons. The molecule has 1 rings (SSSR count). The maximum atomic E-state index is 12.1. The first-order valence-corrected chi connectivity index (χ1v) is 6.82. The number of aromatic amines is 1. The highest BCUT2D eigenvalue weighted by atomic mass is 16.2. The van der Waals surface area contributed by atoms with Gasteiger partial charge in [0.25, 0.3) is 11.7 Å². The summed E-state index contributed by atoms with van der Waals surface area (Å²) in [5.41, 5.74) is 0. The Hall–Kier alpha value is -1.46. The van der Waals surface area contributed by atoms with Gasteiger partial charge in [-0.05, 0) is 18.1 Å². The Morgan fingerprint density at radius 3 is 2.17 bits per heavy atom. The minimum Gasteiger partial charge on any atom is -0.336 e. The topological polar surface area (TPSA) is 74.8 Å². The third-order valence-electron chi connectivity index (χ3n) is 2.89. The van der Waals surface area contributed by atoms with Crippen LogP contribution in [0.2, 0.25) is 0 Å². The van der Waals surface area contributed by atoms with Crippen LogP contribution in [0.1, 0.15) is 63.0 Å². The number of H-pyrrole nitrogens is 1. The van der Waals surface area contributed by atoms with Gasteiger partial charge in [0.15, 0.2) is 0 Å². The Bertz CT molecular complexity index is 315. The fourth-order valence-electron chi connectivity index (χ4n) is 1.81. The molecule has 18 heavy (non-hydrogen) atoms. The van der Waals surface area contributed by atoms with Crippen LogP contribution in [-0.2, 0) is 0 Å². The first-order chi connectivity index (χ1) is 8.79. The molecule has 0 atom stereocenters. The van der Waals surface area contributed by atoms with E-state index in [1.54, 1.807) is 0 Å². The summed E-state index contributed by atoms with van der Waals surface area (Å²) >= 11 is 0. The van der Waals surface area contributed by atoms with Crippen LogP contribution >= 0.6 is 0 Å². The Labute approximate surface area is 108 Å².